The number of H-pyrrole nitrogens is 1. The summed E-state index contributed by atoms with van der Waals surface area (Å²) in [4.78, 5) is 43.4. The summed E-state index contributed by atoms with van der Waals surface area (Å²) in [5, 5.41) is 13.4. The SMILES string of the molecule is CC(=O)c1cc(=O)n(Cc2ccccc2)[nH]1.CCOC(=O)/C([O-])=C/C(C)=O.NNCc1ccccc1.[Na+]. The van der Waals surface area contributed by atoms with Gasteiger partial charge in [-0.25, -0.2) is 9.48 Å². The van der Waals surface area contributed by atoms with Crippen LogP contribution in [0.3, 0.4) is 0 Å². The molecule has 192 valence electrons. The molecule has 0 aliphatic heterocycles. The van der Waals surface area contributed by atoms with Crippen LogP contribution in [0.5, 0.6) is 0 Å². The second kappa shape index (κ2) is 18.9. The monoisotopic (exact) mass is 518 g/mol. The van der Waals surface area contributed by atoms with Gasteiger partial charge in [0.2, 0.25) is 0 Å². The molecule has 1 aromatic heterocycles. The first-order valence-corrected chi connectivity index (χ1v) is 11.1. The maximum Gasteiger partial charge on any atom is 1.00 e. The Bertz CT molecular complexity index is 1190. The van der Waals surface area contributed by atoms with Crippen molar-refractivity contribution < 1.29 is 53.8 Å². The Morgan fingerprint density at radius 2 is 1.57 bits per heavy atom. The molecule has 11 heteroatoms. The summed E-state index contributed by atoms with van der Waals surface area (Å²) in [6.07, 6.45) is 0.706. The van der Waals surface area contributed by atoms with Crippen molar-refractivity contribution in [1.82, 2.24) is 15.2 Å². The molecule has 0 fully saturated rings. The van der Waals surface area contributed by atoms with Gasteiger partial charge in [-0.3, -0.25) is 30.8 Å². The van der Waals surface area contributed by atoms with Gasteiger partial charge in [0, 0.05) is 19.5 Å². The second-order valence-corrected chi connectivity index (χ2v) is 7.34. The van der Waals surface area contributed by atoms with Crippen molar-refractivity contribution in [2.75, 3.05) is 6.61 Å². The van der Waals surface area contributed by atoms with E-state index in [0.717, 1.165) is 12.1 Å². The van der Waals surface area contributed by atoms with E-state index in [0.29, 0.717) is 18.3 Å². The van der Waals surface area contributed by atoms with Crippen LogP contribution in [-0.2, 0) is 27.4 Å². The Hall–Kier alpha value is -3.28. The molecule has 0 saturated carbocycles. The van der Waals surface area contributed by atoms with E-state index in [9.17, 15) is 24.3 Å². The van der Waals surface area contributed by atoms with Crippen LogP contribution in [0.1, 0.15) is 42.4 Å². The van der Waals surface area contributed by atoms with Gasteiger partial charge in [-0.1, -0.05) is 60.7 Å². The molecular weight excluding hydrogens is 487 g/mol. The normalized spacial score (nSPS) is 10.0. The number of nitrogens with one attached hydrogen (secondary N) is 2. The largest absolute Gasteiger partial charge is 1.00 e. The van der Waals surface area contributed by atoms with E-state index in [-0.39, 0.29) is 47.5 Å². The second-order valence-electron chi connectivity index (χ2n) is 7.34. The number of rotatable bonds is 8. The van der Waals surface area contributed by atoms with Crippen molar-refractivity contribution in [2.24, 2.45) is 5.84 Å². The van der Waals surface area contributed by atoms with E-state index in [1.54, 1.807) is 6.92 Å². The molecule has 3 rings (SSSR count). The molecule has 37 heavy (non-hydrogen) atoms. The molecule has 0 bridgehead atoms. The first-order chi connectivity index (χ1) is 17.2. The smallest absolute Gasteiger partial charge is 0.868 e. The molecule has 0 unspecified atom stereocenters. The van der Waals surface area contributed by atoms with Crippen LogP contribution in [0, 0.1) is 0 Å². The molecule has 0 amide bonds. The van der Waals surface area contributed by atoms with Gasteiger partial charge in [-0.15, -0.1) is 0 Å². The number of ether oxygens (including phenoxy) is 1. The van der Waals surface area contributed by atoms with E-state index in [1.807, 2.05) is 60.7 Å². The molecule has 0 aliphatic rings. The van der Waals surface area contributed by atoms with Crippen molar-refractivity contribution in [2.45, 2.75) is 33.9 Å². The Kier molecular flexibility index (Phi) is 17.2. The number of hydrogen-bond acceptors (Lipinski definition) is 8. The Labute approximate surface area is 237 Å². The zero-order chi connectivity index (χ0) is 26.9. The van der Waals surface area contributed by atoms with Gasteiger partial charge in [0.1, 0.15) is 5.69 Å². The number of nitrogens with two attached hydrogens (primary N) is 1. The maximum absolute atomic E-state index is 11.5. The third-order valence-corrected chi connectivity index (χ3v) is 4.31. The molecular formula is C26H31N4NaO6. The average Bonchev–Trinajstić information content (AvgIpc) is 3.22. The molecule has 1 heterocycles. The van der Waals surface area contributed by atoms with Crippen LogP contribution in [-0.4, -0.2) is 33.9 Å². The number of benzene rings is 2. The molecule has 4 N–H and O–H groups in total. The first-order valence-electron chi connectivity index (χ1n) is 11.1. The number of carbonyl (C=O) groups is 3. The summed E-state index contributed by atoms with van der Waals surface area (Å²) >= 11 is 0. The Morgan fingerprint density at radius 3 is 2.00 bits per heavy atom. The van der Waals surface area contributed by atoms with Crippen LogP contribution < -0.4 is 51.5 Å². The third kappa shape index (κ3) is 14.1. The van der Waals surface area contributed by atoms with Crippen LogP contribution >= 0.6 is 0 Å². The van der Waals surface area contributed by atoms with Crippen molar-refractivity contribution in [3.63, 3.8) is 0 Å². The Balaban J connectivity index is 0.000000546. The van der Waals surface area contributed by atoms with Gasteiger partial charge in [0.05, 0.1) is 13.2 Å². The van der Waals surface area contributed by atoms with Gasteiger partial charge in [-0.05, 0) is 36.8 Å². The van der Waals surface area contributed by atoms with Crippen molar-refractivity contribution >= 4 is 17.5 Å². The predicted octanol–water partition coefficient (Wildman–Crippen LogP) is -1.54. The quantitative estimate of drug-likeness (QED) is 0.0616. The van der Waals surface area contributed by atoms with Gasteiger partial charge < -0.3 is 9.84 Å². The fraction of sp³-hybridized carbons (Fsp3) is 0.231. The maximum atomic E-state index is 11.5. The zero-order valence-corrected chi connectivity index (χ0v) is 23.5. The number of hydrazine groups is 1. The van der Waals surface area contributed by atoms with Crippen LogP contribution in [0.2, 0.25) is 0 Å². The van der Waals surface area contributed by atoms with Gasteiger partial charge in [-0.2, -0.15) is 0 Å². The molecule has 2 aromatic carbocycles. The average molecular weight is 519 g/mol. The minimum absolute atomic E-state index is 0. The minimum Gasteiger partial charge on any atom is -0.868 e. The molecule has 3 aromatic rings. The number of carbonyl (C=O) groups excluding carboxylic acids is 3. The number of allylic oxidation sites excluding steroid dienone is 1. The summed E-state index contributed by atoms with van der Waals surface area (Å²) in [6.45, 7) is 5.53. The van der Waals surface area contributed by atoms with E-state index >= 15 is 0 Å². The van der Waals surface area contributed by atoms with Crippen molar-refractivity contribution in [1.29, 1.82) is 0 Å². The summed E-state index contributed by atoms with van der Waals surface area (Å²) in [5.74, 6) is 2.63. The van der Waals surface area contributed by atoms with Gasteiger partial charge in [0.25, 0.3) is 5.56 Å². The predicted molar refractivity (Wildman–Crippen MR) is 133 cm³/mol. The number of Topliss-reactive ketones (excluding diaryl/α,β-unsaturated/α-hetero) is 1. The van der Waals surface area contributed by atoms with Crippen molar-refractivity contribution in [3.8, 4) is 0 Å². The number of aromatic nitrogens is 2. The van der Waals surface area contributed by atoms with Crippen molar-refractivity contribution in [3.05, 3.63) is 106 Å². The number of esters is 1. The molecule has 0 saturated heterocycles. The van der Waals surface area contributed by atoms with E-state index < -0.39 is 17.5 Å². The van der Waals surface area contributed by atoms with Gasteiger partial charge >= 0.3 is 35.5 Å². The number of ketones is 2. The first kappa shape index (κ1) is 33.7. The number of hydrogen-bond donors (Lipinski definition) is 3. The third-order valence-electron chi connectivity index (χ3n) is 4.31. The standard InChI is InChI=1S/C12H12N2O2.C7H10N2.C7H10O4.Na/c1-9(15)11-7-12(16)14(13-11)8-10-5-3-2-4-6-10;8-9-6-7-4-2-1-3-5-7;1-3-11-7(10)6(9)4-5(2)8;/h2-7,13H,8H2,1H3;1-5,9H,6,8H2;4,9H,3H2,1-2H3;/q;;;+1/p-1/b;;6-4-;. The zero-order valence-electron chi connectivity index (χ0n) is 21.5. The van der Waals surface area contributed by atoms with E-state index in [4.69, 9.17) is 5.84 Å². The molecule has 10 nitrogen and oxygen atoms in total. The topological polar surface area (TPSA) is 159 Å². The molecule has 0 aliphatic carbocycles. The fourth-order valence-corrected chi connectivity index (χ4v) is 2.66. The molecule has 0 atom stereocenters. The van der Waals surface area contributed by atoms with E-state index in [2.05, 4.69) is 15.3 Å². The fourth-order valence-electron chi connectivity index (χ4n) is 2.66. The molecule has 0 spiro atoms. The summed E-state index contributed by atoms with van der Waals surface area (Å²) in [6, 6.07) is 21.0. The summed E-state index contributed by atoms with van der Waals surface area (Å²) in [5.41, 5.74) is 4.97. The number of nitrogens with zero attached hydrogens (tertiary/aromatic N) is 1. The minimum atomic E-state index is -0.984. The van der Waals surface area contributed by atoms with E-state index in [1.165, 1.54) is 30.2 Å². The van der Waals surface area contributed by atoms with Crippen LogP contribution in [0.25, 0.3) is 0 Å². The summed E-state index contributed by atoms with van der Waals surface area (Å²) < 4.78 is 5.76. The summed E-state index contributed by atoms with van der Waals surface area (Å²) in [7, 11) is 0. The Morgan fingerprint density at radius 1 is 1.03 bits per heavy atom. The van der Waals surface area contributed by atoms with Crippen LogP contribution in [0.15, 0.2) is 83.4 Å². The molecule has 0 radical (unpaired) electrons. The van der Waals surface area contributed by atoms with Crippen LogP contribution in [0.4, 0.5) is 0 Å². The van der Waals surface area contributed by atoms with Gasteiger partial charge in [0.15, 0.2) is 11.6 Å². The number of aromatic amines is 1.